The first-order chi connectivity index (χ1) is 9.09. The summed E-state index contributed by atoms with van der Waals surface area (Å²) < 4.78 is 0. The zero-order chi connectivity index (χ0) is 13.6. The Bertz CT molecular complexity index is 709. The number of rotatable bonds is 1. The highest BCUT2D eigenvalue weighted by Crippen LogP contribution is 2.32. The number of carbonyl (C=O) groups is 2. The molecule has 0 aliphatic carbocycles. The number of hydrogen-bond acceptors (Lipinski definition) is 2. The average Bonchev–Trinajstić information content (AvgIpc) is 2.63. The van der Waals surface area contributed by atoms with Crippen LogP contribution in [0, 0.1) is 6.92 Å². The Morgan fingerprint density at radius 1 is 1.00 bits per heavy atom. The molecule has 94 valence electrons. The second kappa shape index (κ2) is 4.21. The van der Waals surface area contributed by atoms with Gasteiger partial charge in [-0.25, -0.2) is 4.90 Å². The first kappa shape index (κ1) is 11.9. The van der Waals surface area contributed by atoms with Crippen molar-refractivity contribution in [1.29, 1.82) is 0 Å². The number of hydrogen-bond donors (Lipinski definition) is 0. The first-order valence-electron chi connectivity index (χ1n) is 5.83. The quantitative estimate of drug-likeness (QED) is 0.745. The maximum Gasteiger partial charge on any atom is 0.267 e. The molecule has 3 nitrogen and oxygen atoms in total. The minimum absolute atomic E-state index is 0.288. The highest BCUT2D eigenvalue weighted by Gasteiger charge is 2.38. The molecule has 0 saturated heterocycles. The smallest absolute Gasteiger partial charge is 0.267 e. The molecule has 2 aromatic carbocycles. The molecule has 1 aliphatic rings. The number of fused-ring (bicyclic) bond motifs is 1. The molecule has 0 fully saturated rings. The van der Waals surface area contributed by atoms with E-state index in [0.717, 1.165) is 5.56 Å². The predicted octanol–water partition coefficient (Wildman–Crippen LogP) is 3.45. The lowest BCUT2D eigenvalue weighted by Crippen LogP contribution is -2.29. The Kier molecular flexibility index (Phi) is 2.64. The van der Waals surface area contributed by atoms with Gasteiger partial charge in [-0.15, -0.1) is 0 Å². The fourth-order valence-electron chi connectivity index (χ4n) is 2.25. The average molecular weight is 272 g/mol. The van der Waals surface area contributed by atoms with Gasteiger partial charge in [0.15, 0.2) is 0 Å². The topological polar surface area (TPSA) is 37.4 Å². The Morgan fingerprint density at radius 3 is 2.42 bits per heavy atom. The number of anilines is 1. The van der Waals surface area contributed by atoms with Gasteiger partial charge in [0.25, 0.3) is 11.8 Å². The molecule has 2 aromatic rings. The summed E-state index contributed by atoms with van der Waals surface area (Å²) in [7, 11) is 0. The normalized spacial score (nSPS) is 13.9. The van der Waals surface area contributed by atoms with Crippen LogP contribution in [0.15, 0.2) is 42.5 Å². The zero-order valence-electron chi connectivity index (χ0n) is 10.2. The molecule has 2 amide bonds. The van der Waals surface area contributed by atoms with Crippen molar-refractivity contribution < 1.29 is 9.59 Å². The molecule has 1 heterocycles. The Hall–Kier alpha value is -2.13. The third-order valence-corrected chi connectivity index (χ3v) is 3.44. The molecule has 0 N–H and O–H groups in total. The van der Waals surface area contributed by atoms with Gasteiger partial charge >= 0.3 is 0 Å². The number of amides is 2. The molecule has 0 radical (unpaired) electrons. The van der Waals surface area contributed by atoms with Crippen LogP contribution in [-0.4, -0.2) is 11.8 Å². The van der Waals surface area contributed by atoms with Crippen molar-refractivity contribution in [3.63, 3.8) is 0 Å². The maximum absolute atomic E-state index is 12.4. The Morgan fingerprint density at radius 2 is 1.74 bits per heavy atom. The first-order valence-corrected chi connectivity index (χ1v) is 6.21. The summed E-state index contributed by atoms with van der Waals surface area (Å²) in [5, 5.41) is 0.311. The molecule has 0 unspecified atom stereocenters. The molecule has 0 aromatic heterocycles. The minimum atomic E-state index is -0.365. The molecule has 0 atom stereocenters. The molecule has 19 heavy (non-hydrogen) atoms. The van der Waals surface area contributed by atoms with Crippen molar-refractivity contribution >= 4 is 29.1 Å². The van der Waals surface area contributed by atoms with Gasteiger partial charge in [0.05, 0.1) is 21.8 Å². The van der Waals surface area contributed by atoms with E-state index in [1.807, 2.05) is 19.1 Å². The van der Waals surface area contributed by atoms with Crippen molar-refractivity contribution in [2.75, 3.05) is 4.90 Å². The lowest BCUT2D eigenvalue weighted by molar-refractivity contribution is 0.0926. The summed E-state index contributed by atoms with van der Waals surface area (Å²) in [6, 6.07) is 12.2. The van der Waals surface area contributed by atoms with Crippen LogP contribution in [0.3, 0.4) is 0 Å². The van der Waals surface area contributed by atoms with Gasteiger partial charge in [0.1, 0.15) is 0 Å². The summed E-state index contributed by atoms with van der Waals surface area (Å²) >= 11 is 6.01. The molecule has 3 rings (SSSR count). The third-order valence-electron chi connectivity index (χ3n) is 3.12. The minimum Gasteiger partial charge on any atom is -0.268 e. The van der Waals surface area contributed by atoms with Crippen molar-refractivity contribution in [3.8, 4) is 0 Å². The van der Waals surface area contributed by atoms with Crippen LogP contribution in [0.2, 0.25) is 5.02 Å². The van der Waals surface area contributed by atoms with Crippen LogP contribution in [0.5, 0.6) is 0 Å². The summed E-state index contributed by atoms with van der Waals surface area (Å²) in [6.45, 7) is 1.91. The van der Waals surface area contributed by atoms with Gasteiger partial charge in [-0.2, -0.15) is 0 Å². The lowest BCUT2D eigenvalue weighted by Gasteiger charge is -2.14. The van der Waals surface area contributed by atoms with E-state index in [0.29, 0.717) is 16.3 Å². The van der Waals surface area contributed by atoms with Gasteiger partial charge < -0.3 is 0 Å². The van der Waals surface area contributed by atoms with Crippen LogP contribution in [0.1, 0.15) is 26.3 Å². The lowest BCUT2D eigenvalue weighted by atomic mass is 10.1. The summed E-state index contributed by atoms with van der Waals surface area (Å²) in [4.78, 5) is 25.8. The van der Waals surface area contributed by atoms with Crippen molar-refractivity contribution in [3.05, 3.63) is 64.2 Å². The van der Waals surface area contributed by atoms with E-state index >= 15 is 0 Å². The number of carbonyl (C=O) groups excluding carboxylic acids is 2. The number of benzene rings is 2. The monoisotopic (exact) mass is 271 g/mol. The summed E-state index contributed by atoms with van der Waals surface area (Å²) in [5.41, 5.74) is 2.21. The van der Waals surface area contributed by atoms with E-state index in [-0.39, 0.29) is 17.4 Å². The number of nitrogens with zero attached hydrogens (tertiary/aromatic N) is 1. The van der Waals surface area contributed by atoms with Crippen LogP contribution >= 0.6 is 11.6 Å². The van der Waals surface area contributed by atoms with Crippen LogP contribution < -0.4 is 4.90 Å². The van der Waals surface area contributed by atoms with Gasteiger partial charge in [-0.1, -0.05) is 29.8 Å². The van der Waals surface area contributed by atoms with Gasteiger partial charge in [-0.3, -0.25) is 9.59 Å². The third kappa shape index (κ3) is 1.74. The van der Waals surface area contributed by atoms with E-state index in [1.165, 1.54) is 4.90 Å². The second-order valence-electron chi connectivity index (χ2n) is 4.45. The molecule has 4 heteroatoms. The Balaban J connectivity index is 2.16. The maximum atomic E-state index is 12.4. The van der Waals surface area contributed by atoms with Crippen molar-refractivity contribution in [2.24, 2.45) is 0 Å². The van der Waals surface area contributed by atoms with E-state index < -0.39 is 0 Å². The van der Waals surface area contributed by atoms with E-state index in [4.69, 9.17) is 11.6 Å². The molecule has 0 bridgehead atoms. The molecule has 1 aliphatic heterocycles. The number of halogens is 1. The van der Waals surface area contributed by atoms with Crippen LogP contribution in [-0.2, 0) is 0 Å². The number of aryl methyl sites for hydroxylation is 1. The molecular formula is C15H10ClNO2. The summed E-state index contributed by atoms with van der Waals surface area (Å²) in [5.74, 6) is -0.690. The highest BCUT2D eigenvalue weighted by molar-refractivity contribution is 6.42. The highest BCUT2D eigenvalue weighted by atomic mass is 35.5. The fourth-order valence-corrected chi connectivity index (χ4v) is 2.50. The van der Waals surface area contributed by atoms with Crippen molar-refractivity contribution in [1.82, 2.24) is 0 Å². The standard InChI is InChI=1S/C15H10ClNO2/c1-9-4-2-5-10(8-9)17-14(18)11-6-3-7-12(16)13(11)15(17)19/h2-8H,1H3. The van der Waals surface area contributed by atoms with E-state index in [9.17, 15) is 9.59 Å². The zero-order valence-corrected chi connectivity index (χ0v) is 10.9. The van der Waals surface area contributed by atoms with E-state index in [1.54, 1.807) is 30.3 Å². The predicted molar refractivity (Wildman–Crippen MR) is 73.8 cm³/mol. The van der Waals surface area contributed by atoms with Crippen LogP contribution in [0.4, 0.5) is 5.69 Å². The van der Waals surface area contributed by atoms with Gasteiger partial charge in [-0.05, 0) is 36.8 Å². The summed E-state index contributed by atoms with van der Waals surface area (Å²) in [6.07, 6.45) is 0. The van der Waals surface area contributed by atoms with Crippen LogP contribution in [0.25, 0.3) is 0 Å². The van der Waals surface area contributed by atoms with Gasteiger partial charge in [0, 0.05) is 0 Å². The second-order valence-corrected chi connectivity index (χ2v) is 4.85. The van der Waals surface area contributed by atoms with Crippen molar-refractivity contribution in [2.45, 2.75) is 6.92 Å². The molecular weight excluding hydrogens is 262 g/mol. The largest absolute Gasteiger partial charge is 0.268 e. The molecule has 0 spiro atoms. The van der Waals surface area contributed by atoms with E-state index in [2.05, 4.69) is 0 Å². The fraction of sp³-hybridized carbons (Fsp3) is 0.0667. The number of imide groups is 1. The Labute approximate surface area is 115 Å². The SMILES string of the molecule is Cc1cccc(N2C(=O)c3cccc(Cl)c3C2=O)c1. The molecule has 0 saturated carbocycles. The van der Waals surface area contributed by atoms with Gasteiger partial charge in [0.2, 0.25) is 0 Å².